The monoisotopic (exact) mass is 272 g/mol. The molecule has 20 heavy (non-hydrogen) atoms. The normalized spacial score (nSPS) is 13.5. The number of hydrogen-bond acceptors (Lipinski definition) is 2. The van der Waals surface area contributed by atoms with Crippen LogP contribution in [0.15, 0.2) is 35.1 Å². The van der Waals surface area contributed by atoms with Crippen molar-refractivity contribution in [2.24, 2.45) is 5.73 Å². The Morgan fingerprint density at radius 2 is 2.05 bits per heavy atom. The highest BCUT2D eigenvalue weighted by atomic mass is 19.1. The van der Waals surface area contributed by atoms with Crippen LogP contribution >= 0.6 is 0 Å². The molecule has 1 aromatic heterocycles. The Kier molecular flexibility index (Phi) is 3.40. The number of rotatable bonds is 3. The summed E-state index contributed by atoms with van der Waals surface area (Å²) in [6, 6.07) is 8.44. The Hall–Kier alpha value is -1.94. The first kappa shape index (κ1) is 13.1. The molecule has 3 nitrogen and oxygen atoms in total. The topological polar surface area (TPSA) is 48.0 Å². The molecule has 4 heteroatoms. The second kappa shape index (κ2) is 5.21. The maximum Gasteiger partial charge on any atom is 0.251 e. The van der Waals surface area contributed by atoms with E-state index in [2.05, 4.69) is 0 Å². The zero-order valence-corrected chi connectivity index (χ0v) is 11.2. The molecule has 0 spiro atoms. The van der Waals surface area contributed by atoms with Gasteiger partial charge < -0.3 is 10.3 Å². The fraction of sp³-hybridized carbons (Fsp3) is 0.312. The lowest BCUT2D eigenvalue weighted by molar-refractivity contribution is 0.608. The molecule has 0 atom stereocenters. The minimum atomic E-state index is -0.290. The number of hydrogen-bond donors (Lipinski definition) is 1. The number of halogens is 1. The lowest BCUT2D eigenvalue weighted by atomic mass is 10.1. The predicted molar refractivity (Wildman–Crippen MR) is 76.1 cm³/mol. The first-order valence-corrected chi connectivity index (χ1v) is 6.88. The molecule has 0 radical (unpaired) electrons. The van der Waals surface area contributed by atoms with Gasteiger partial charge in [0.15, 0.2) is 0 Å². The summed E-state index contributed by atoms with van der Waals surface area (Å²) in [5.41, 5.74) is 9.31. The standard InChI is InChI=1S/C16H17FN2O/c17-14-6-4-11(8-13(14)9-18)10-19-15-3-1-2-12(15)5-7-16(19)20/h4-8H,1-3,9-10,18H2. The molecule has 0 unspecified atom stereocenters. The summed E-state index contributed by atoms with van der Waals surface area (Å²) < 4.78 is 15.3. The van der Waals surface area contributed by atoms with Gasteiger partial charge in [-0.25, -0.2) is 4.39 Å². The summed E-state index contributed by atoms with van der Waals surface area (Å²) in [7, 11) is 0. The third-order valence-corrected chi connectivity index (χ3v) is 3.92. The lowest BCUT2D eigenvalue weighted by Crippen LogP contribution is -2.23. The number of fused-ring (bicyclic) bond motifs is 1. The van der Waals surface area contributed by atoms with Gasteiger partial charge in [0.1, 0.15) is 5.82 Å². The van der Waals surface area contributed by atoms with Crippen LogP contribution in [0.5, 0.6) is 0 Å². The fourth-order valence-electron chi connectivity index (χ4n) is 2.87. The van der Waals surface area contributed by atoms with Gasteiger partial charge in [-0.1, -0.05) is 12.1 Å². The third kappa shape index (κ3) is 2.27. The zero-order valence-electron chi connectivity index (χ0n) is 11.2. The van der Waals surface area contributed by atoms with Crippen LogP contribution in [-0.4, -0.2) is 4.57 Å². The number of aromatic nitrogens is 1. The molecule has 1 heterocycles. The van der Waals surface area contributed by atoms with E-state index in [1.807, 2.05) is 6.07 Å². The van der Waals surface area contributed by atoms with Gasteiger partial charge in [-0.3, -0.25) is 4.79 Å². The average Bonchev–Trinajstić information content (AvgIpc) is 2.92. The van der Waals surface area contributed by atoms with E-state index < -0.39 is 0 Å². The number of benzene rings is 1. The van der Waals surface area contributed by atoms with Gasteiger partial charge in [-0.15, -0.1) is 0 Å². The molecule has 1 aliphatic rings. The molecule has 0 aliphatic heterocycles. The van der Waals surface area contributed by atoms with Crippen molar-refractivity contribution in [3.05, 3.63) is 68.9 Å². The lowest BCUT2D eigenvalue weighted by Gasteiger charge is -2.13. The van der Waals surface area contributed by atoms with Gasteiger partial charge in [0.05, 0.1) is 6.54 Å². The van der Waals surface area contributed by atoms with Crippen molar-refractivity contribution >= 4 is 0 Å². The van der Waals surface area contributed by atoms with Crippen molar-refractivity contribution in [1.82, 2.24) is 4.57 Å². The largest absolute Gasteiger partial charge is 0.326 e. The molecule has 2 aromatic rings. The molecule has 3 rings (SSSR count). The van der Waals surface area contributed by atoms with E-state index >= 15 is 0 Å². The molecule has 0 saturated heterocycles. The zero-order chi connectivity index (χ0) is 14.1. The molecule has 0 fully saturated rings. The SMILES string of the molecule is NCc1cc(Cn2c3c(ccc2=O)CCC3)ccc1F. The summed E-state index contributed by atoms with van der Waals surface area (Å²) >= 11 is 0. The van der Waals surface area contributed by atoms with Crippen LogP contribution in [0, 0.1) is 5.82 Å². The van der Waals surface area contributed by atoms with Crippen molar-refractivity contribution in [1.29, 1.82) is 0 Å². The van der Waals surface area contributed by atoms with E-state index in [0.29, 0.717) is 12.1 Å². The van der Waals surface area contributed by atoms with E-state index in [9.17, 15) is 9.18 Å². The summed E-state index contributed by atoms with van der Waals surface area (Å²) in [6.45, 7) is 0.650. The van der Waals surface area contributed by atoms with E-state index in [1.165, 1.54) is 11.6 Å². The van der Waals surface area contributed by atoms with Gasteiger partial charge >= 0.3 is 0 Å². The highest BCUT2D eigenvalue weighted by Gasteiger charge is 2.16. The number of aryl methyl sites for hydroxylation is 1. The van der Waals surface area contributed by atoms with Gasteiger partial charge in [0.2, 0.25) is 0 Å². The van der Waals surface area contributed by atoms with E-state index in [-0.39, 0.29) is 17.9 Å². The van der Waals surface area contributed by atoms with Crippen molar-refractivity contribution in [3.8, 4) is 0 Å². The predicted octanol–water partition coefficient (Wildman–Crippen LogP) is 1.98. The number of nitrogens with zero attached hydrogens (tertiary/aromatic N) is 1. The van der Waals surface area contributed by atoms with Crippen LogP contribution in [0.25, 0.3) is 0 Å². The first-order valence-electron chi connectivity index (χ1n) is 6.88. The van der Waals surface area contributed by atoms with Crippen molar-refractivity contribution in [2.75, 3.05) is 0 Å². The summed E-state index contributed by atoms with van der Waals surface area (Å²) in [4.78, 5) is 12.1. The molecular formula is C16H17FN2O. The van der Waals surface area contributed by atoms with Gasteiger partial charge in [-0.2, -0.15) is 0 Å². The number of pyridine rings is 1. The maximum absolute atomic E-state index is 13.5. The molecule has 0 saturated carbocycles. The Labute approximate surface area is 116 Å². The molecule has 1 aromatic carbocycles. The Morgan fingerprint density at radius 3 is 2.85 bits per heavy atom. The fourth-order valence-corrected chi connectivity index (χ4v) is 2.87. The molecule has 0 amide bonds. The number of nitrogens with two attached hydrogens (primary N) is 1. The van der Waals surface area contributed by atoms with Crippen LogP contribution < -0.4 is 11.3 Å². The summed E-state index contributed by atoms with van der Waals surface area (Å²) in [6.07, 6.45) is 3.07. The highest BCUT2D eigenvalue weighted by molar-refractivity contribution is 5.29. The molecule has 0 bridgehead atoms. The van der Waals surface area contributed by atoms with E-state index in [0.717, 1.165) is 30.5 Å². The van der Waals surface area contributed by atoms with E-state index in [4.69, 9.17) is 5.73 Å². The van der Waals surface area contributed by atoms with Crippen molar-refractivity contribution in [2.45, 2.75) is 32.4 Å². The molecular weight excluding hydrogens is 255 g/mol. The Morgan fingerprint density at radius 1 is 1.20 bits per heavy atom. The average molecular weight is 272 g/mol. The quantitative estimate of drug-likeness (QED) is 0.928. The first-order chi connectivity index (χ1) is 9.69. The second-order valence-electron chi connectivity index (χ2n) is 5.21. The smallest absolute Gasteiger partial charge is 0.251 e. The summed E-state index contributed by atoms with van der Waals surface area (Å²) in [5.74, 6) is -0.290. The Balaban J connectivity index is 2.00. The van der Waals surface area contributed by atoms with Crippen LogP contribution in [0.3, 0.4) is 0 Å². The van der Waals surface area contributed by atoms with Gasteiger partial charge in [0.25, 0.3) is 5.56 Å². The minimum absolute atomic E-state index is 0.00396. The summed E-state index contributed by atoms with van der Waals surface area (Å²) in [5, 5.41) is 0. The third-order valence-electron chi connectivity index (χ3n) is 3.92. The van der Waals surface area contributed by atoms with Crippen molar-refractivity contribution < 1.29 is 4.39 Å². The molecule has 1 aliphatic carbocycles. The maximum atomic E-state index is 13.5. The van der Waals surface area contributed by atoms with E-state index in [1.54, 1.807) is 22.8 Å². The van der Waals surface area contributed by atoms with Crippen LogP contribution in [-0.2, 0) is 25.9 Å². The van der Waals surface area contributed by atoms with Crippen LogP contribution in [0.4, 0.5) is 4.39 Å². The minimum Gasteiger partial charge on any atom is -0.326 e. The second-order valence-corrected chi connectivity index (χ2v) is 5.21. The van der Waals surface area contributed by atoms with Crippen LogP contribution in [0.1, 0.15) is 28.8 Å². The van der Waals surface area contributed by atoms with Crippen LogP contribution in [0.2, 0.25) is 0 Å². The molecule has 2 N–H and O–H groups in total. The van der Waals surface area contributed by atoms with Crippen molar-refractivity contribution in [3.63, 3.8) is 0 Å². The van der Waals surface area contributed by atoms with Gasteiger partial charge in [0, 0.05) is 23.9 Å². The highest BCUT2D eigenvalue weighted by Crippen LogP contribution is 2.21. The Bertz CT molecular complexity index is 706. The van der Waals surface area contributed by atoms with Gasteiger partial charge in [-0.05, 0) is 42.5 Å². The molecule has 104 valence electrons.